The maximum Gasteiger partial charge on any atom is 0.355 e. The van der Waals surface area contributed by atoms with E-state index in [1.54, 1.807) is 11.6 Å². The van der Waals surface area contributed by atoms with E-state index >= 15 is 0 Å². The predicted octanol–water partition coefficient (Wildman–Crippen LogP) is 1.23. The van der Waals surface area contributed by atoms with Crippen molar-refractivity contribution in [2.24, 2.45) is 7.05 Å². The fourth-order valence-corrected chi connectivity index (χ4v) is 2.11. The molecule has 2 aromatic heterocycles. The zero-order valence-corrected chi connectivity index (χ0v) is 10.1. The van der Waals surface area contributed by atoms with E-state index in [9.17, 15) is 4.79 Å². The number of hydrogen-bond acceptors (Lipinski definition) is 5. The van der Waals surface area contributed by atoms with Gasteiger partial charge in [0.25, 0.3) is 0 Å². The summed E-state index contributed by atoms with van der Waals surface area (Å²) in [5, 5.41) is 14.2. The lowest BCUT2D eigenvalue weighted by Crippen LogP contribution is -2.09. The number of aromatic carboxylic acids is 1. The molecule has 0 aliphatic heterocycles. The highest BCUT2D eigenvalue weighted by Gasteiger charge is 2.08. The summed E-state index contributed by atoms with van der Waals surface area (Å²) < 4.78 is 1.88. The molecule has 0 atom stereocenters. The molecule has 0 fully saturated rings. The standard InChI is InChI=1S/C10H12N4O2S/c1-14-5-4-12-10(14)11-3-2-8-13-7(6-17-8)9(15)16/h4-6H,2-3H2,1H3,(H,11,12)(H,15,16). The monoisotopic (exact) mass is 252 g/mol. The summed E-state index contributed by atoms with van der Waals surface area (Å²) in [6.45, 7) is 0.678. The number of carboxylic acids is 1. The molecule has 0 spiro atoms. The molecule has 0 unspecified atom stereocenters. The summed E-state index contributed by atoms with van der Waals surface area (Å²) in [4.78, 5) is 18.8. The maximum absolute atomic E-state index is 10.6. The molecule has 0 aliphatic carbocycles. The summed E-state index contributed by atoms with van der Waals surface area (Å²) in [5.41, 5.74) is 0.113. The molecule has 2 N–H and O–H groups in total. The minimum absolute atomic E-state index is 0.113. The van der Waals surface area contributed by atoms with E-state index in [1.807, 2.05) is 17.8 Å². The molecule has 7 heteroatoms. The van der Waals surface area contributed by atoms with Crippen LogP contribution in [0.25, 0.3) is 0 Å². The highest BCUT2D eigenvalue weighted by Crippen LogP contribution is 2.10. The minimum Gasteiger partial charge on any atom is -0.476 e. The molecule has 0 saturated carbocycles. The fourth-order valence-electron chi connectivity index (χ4n) is 1.34. The lowest BCUT2D eigenvalue weighted by molar-refractivity contribution is 0.0691. The Morgan fingerprint density at radius 3 is 3.06 bits per heavy atom. The molecule has 6 nitrogen and oxygen atoms in total. The molecule has 0 bridgehead atoms. The smallest absolute Gasteiger partial charge is 0.355 e. The first-order chi connectivity index (χ1) is 8.16. The lowest BCUT2D eigenvalue weighted by atomic mass is 10.4. The molecule has 0 amide bonds. The third-order valence-corrected chi connectivity index (χ3v) is 3.12. The van der Waals surface area contributed by atoms with Gasteiger partial charge in [0.15, 0.2) is 5.69 Å². The SMILES string of the molecule is Cn1ccnc1NCCc1nc(C(=O)O)cs1. The van der Waals surface area contributed by atoms with E-state index in [2.05, 4.69) is 15.3 Å². The van der Waals surface area contributed by atoms with Crippen molar-refractivity contribution in [3.8, 4) is 0 Å². The van der Waals surface area contributed by atoms with Gasteiger partial charge in [-0.3, -0.25) is 0 Å². The molecule has 0 saturated heterocycles. The number of aromatic nitrogens is 3. The molecule has 0 radical (unpaired) electrons. The Labute approximate surface area is 102 Å². The van der Waals surface area contributed by atoms with Crippen LogP contribution in [0, 0.1) is 0 Å². The number of nitrogens with one attached hydrogen (secondary N) is 1. The number of imidazole rings is 1. The average Bonchev–Trinajstić information content (AvgIpc) is 2.89. The number of anilines is 1. The van der Waals surface area contributed by atoms with Crippen LogP contribution in [0.3, 0.4) is 0 Å². The summed E-state index contributed by atoms with van der Waals surface area (Å²) in [7, 11) is 1.90. The number of nitrogens with zero attached hydrogens (tertiary/aromatic N) is 3. The maximum atomic E-state index is 10.6. The van der Waals surface area contributed by atoms with Crippen molar-refractivity contribution < 1.29 is 9.90 Å². The van der Waals surface area contributed by atoms with Crippen molar-refractivity contribution in [1.82, 2.24) is 14.5 Å². The van der Waals surface area contributed by atoms with Crippen LogP contribution >= 0.6 is 11.3 Å². The first kappa shape index (κ1) is 11.6. The first-order valence-electron chi connectivity index (χ1n) is 5.05. The highest BCUT2D eigenvalue weighted by atomic mass is 32.1. The molecule has 0 aliphatic rings. The molecule has 2 aromatic rings. The molecule has 90 valence electrons. The second-order valence-corrected chi connectivity index (χ2v) is 4.41. The second-order valence-electron chi connectivity index (χ2n) is 3.47. The van der Waals surface area contributed by atoms with E-state index in [0.29, 0.717) is 13.0 Å². The zero-order chi connectivity index (χ0) is 12.3. The quantitative estimate of drug-likeness (QED) is 0.836. The van der Waals surface area contributed by atoms with E-state index in [0.717, 1.165) is 11.0 Å². The Morgan fingerprint density at radius 1 is 1.65 bits per heavy atom. The summed E-state index contributed by atoms with van der Waals surface area (Å²) in [6.07, 6.45) is 4.26. The van der Waals surface area contributed by atoms with Crippen LogP contribution in [0.4, 0.5) is 5.95 Å². The van der Waals surface area contributed by atoms with E-state index in [1.165, 1.54) is 11.3 Å². The highest BCUT2D eigenvalue weighted by molar-refractivity contribution is 7.09. The Balaban J connectivity index is 1.86. The van der Waals surface area contributed by atoms with Crippen molar-refractivity contribution in [2.75, 3.05) is 11.9 Å². The van der Waals surface area contributed by atoms with Crippen LogP contribution in [0.15, 0.2) is 17.8 Å². The van der Waals surface area contributed by atoms with Gasteiger partial charge < -0.3 is 15.0 Å². The van der Waals surface area contributed by atoms with Crippen LogP contribution < -0.4 is 5.32 Å². The van der Waals surface area contributed by atoms with Gasteiger partial charge in [0.05, 0.1) is 5.01 Å². The van der Waals surface area contributed by atoms with Gasteiger partial charge in [-0.25, -0.2) is 14.8 Å². The van der Waals surface area contributed by atoms with Gasteiger partial charge in [-0.05, 0) is 0 Å². The Hall–Kier alpha value is -1.89. The van der Waals surface area contributed by atoms with Crippen molar-refractivity contribution in [3.63, 3.8) is 0 Å². The number of thiazole rings is 1. The van der Waals surface area contributed by atoms with Crippen molar-refractivity contribution in [2.45, 2.75) is 6.42 Å². The Kier molecular flexibility index (Phi) is 3.38. The topological polar surface area (TPSA) is 80.0 Å². The van der Waals surface area contributed by atoms with Gasteiger partial charge in [-0.2, -0.15) is 0 Å². The number of hydrogen-bond donors (Lipinski definition) is 2. The normalized spacial score (nSPS) is 10.4. The van der Waals surface area contributed by atoms with Crippen LogP contribution in [0.5, 0.6) is 0 Å². The van der Waals surface area contributed by atoms with Crippen molar-refractivity contribution >= 4 is 23.3 Å². The number of carbonyl (C=O) groups is 1. The van der Waals surface area contributed by atoms with E-state index in [4.69, 9.17) is 5.11 Å². The summed E-state index contributed by atoms with van der Waals surface area (Å²) >= 11 is 1.36. The molecular formula is C10H12N4O2S. The van der Waals surface area contributed by atoms with Gasteiger partial charge >= 0.3 is 5.97 Å². The van der Waals surface area contributed by atoms with Gasteiger partial charge in [0.2, 0.25) is 5.95 Å². The van der Waals surface area contributed by atoms with Crippen LogP contribution in [-0.4, -0.2) is 32.2 Å². The molecule has 0 aromatic carbocycles. The fraction of sp³-hybridized carbons (Fsp3) is 0.300. The van der Waals surface area contributed by atoms with Crippen molar-refractivity contribution in [3.05, 3.63) is 28.5 Å². The molecule has 17 heavy (non-hydrogen) atoms. The third kappa shape index (κ3) is 2.82. The van der Waals surface area contributed by atoms with E-state index < -0.39 is 5.97 Å². The lowest BCUT2D eigenvalue weighted by Gasteiger charge is -2.03. The Morgan fingerprint density at radius 2 is 2.47 bits per heavy atom. The zero-order valence-electron chi connectivity index (χ0n) is 9.25. The first-order valence-corrected chi connectivity index (χ1v) is 5.93. The average molecular weight is 252 g/mol. The van der Waals surface area contributed by atoms with Crippen LogP contribution in [-0.2, 0) is 13.5 Å². The number of rotatable bonds is 5. The van der Waals surface area contributed by atoms with Crippen LogP contribution in [0.2, 0.25) is 0 Å². The predicted molar refractivity (Wildman–Crippen MR) is 64.5 cm³/mol. The largest absolute Gasteiger partial charge is 0.476 e. The van der Waals surface area contributed by atoms with Gasteiger partial charge in [-0.1, -0.05) is 0 Å². The van der Waals surface area contributed by atoms with E-state index in [-0.39, 0.29) is 5.69 Å². The third-order valence-electron chi connectivity index (χ3n) is 2.21. The molecular weight excluding hydrogens is 240 g/mol. The minimum atomic E-state index is -0.982. The summed E-state index contributed by atoms with van der Waals surface area (Å²) in [5.74, 6) is -0.190. The van der Waals surface area contributed by atoms with Gasteiger partial charge in [0.1, 0.15) is 0 Å². The Bertz CT molecular complexity index is 520. The molecule has 2 rings (SSSR count). The van der Waals surface area contributed by atoms with Gasteiger partial charge in [0, 0.05) is 37.8 Å². The number of carboxylic acid groups (broad SMARTS) is 1. The number of aryl methyl sites for hydroxylation is 1. The summed E-state index contributed by atoms with van der Waals surface area (Å²) in [6, 6.07) is 0. The van der Waals surface area contributed by atoms with Crippen molar-refractivity contribution in [1.29, 1.82) is 0 Å². The second kappa shape index (κ2) is 4.96. The molecule has 2 heterocycles. The van der Waals surface area contributed by atoms with Gasteiger partial charge in [-0.15, -0.1) is 11.3 Å². The van der Waals surface area contributed by atoms with Crippen LogP contribution in [0.1, 0.15) is 15.5 Å².